The molecule has 0 amide bonds. The van der Waals surface area contributed by atoms with E-state index in [1.165, 1.54) is 161 Å². The van der Waals surface area contributed by atoms with E-state index in [4.69, 9.17) is 14.2 Å². The Kier molecular flexibility index (Phi) is 55.8. The Morgan fingerprint density at radius 2 is 0.557 bits per heavy atom. The van der Waals surface area contributed by atoms with Crippen LogP contribution in [-0.4, -0.2) is 37.2 Å². The Morgan fingerprint density at radius 3 is 0.914 bits per heavy atom. The lowest BCUT2D eigenvalue weighted by Crippen LogP contribution is -2.30. The second-order valence-electron chi connectivity index (χ2n) is 19.9. The SMILES string of the molecule is CC/C=C\C/C=C\C/C=C\CCCCCCCCCC(=O)OC(COC(=O)CCCCCCC/C=C\CCCCCCCCC)COC(=O)CCCCCCCCCCC/C=C\C/C=C\CCCCC. The van der Waals surface area contributed by atoms with E-state index in [1.54, 1.807) is 0 Å². The Bertz CT molecular complexity index is 1310. The Balaban J connectivity index is 4.40. The standard InChI is InChI=1S/C64H112O6/c1-4-7-10-13-16-19-22-25-28-31-32-34-36-39-42-45-48-51-54-57-63(66)69-60-61(59-68-62(65)56-53-50-47-44-41-38-35-30-27-24-21-18-15-12-9-6-3)70-64(67)58-55-52-49-46-43-40-37-33-29-26-23-20-17-14-11-8-5-2/h8,11,16-17,19-20,25-26,28-30,35,61H,4-7,9-10,12-15,18,21-24,27,31-34,36-60H2,1-3H3/b11-8-,19-16-,20-17-,28-25-,29-26-,35-30-. The molecule has 1 atom stereocenters. The van der Waals surface area contributed by atoms with Crippen molar-refractivity contribution in [1.82, 2.24) is 0 Å². The van der Waals surface area contributed by atoms with Crippen molar-refractivity contribution in [3.63, 3.8) is 0 Å². The number of hydrogen-bond acceptors (Lipinski definition) is 6. The van der Waals surface area contributed by atoms with Crippen molar-refractivity contribution in [1.29, 1.82) is 0 Å². The van der Waals surface area contributed by atoms with Crippen LogP contribution in [0.2, 0.25) is 0 Å². The van der Waals surface area contributed by atoms with E-state index < -0.39 is 6.10 Å². The Morgan fingerprint density at radius 1 is 0.300 bits per heavy atom. The molecule has 70 heavy (non-hydrogen) atoms. The lowest BCUT2D eigenvalue weighted by Gasteiger charge is -2.18. The molecule has 0 aromatic rings. The van der Waals surface area contributed by atoms with Crippen molar-refractivity contribution in [3.8, 4) is 0 Å². The molecule has 0 radical (unpaired) electrons. The van der Waals surface area contributed by atoms with Crippen LogP contribution in [0.3, 0.4) is 0 Å². The minimum absolute atomic E-state index is 0.0835. The maximum Gasteiger partial charge on any atom is 0.306 e. The molecule has 0 aromatic carbocycles. The topological polar surface area (TPSA) is 78.9 Å². The molecule has 0 heterocycles. The first-order valence-corrected chi connectivity index (χ1v) is 29.9. The van der Waals surface area contributed by atoms with Crippen LogP contribution in [0.4, 0.5) is 0 Å². The van der Waals surface area contributed by atoms with Gasteiger partial charge in [0.2, 0.25) is 0 Å². The van der Waals surface area contributed by atoms with Gasteiger partial charge in [-0.1, -0.05) is 241 Å². The van der Waals surface area contributed by atoms with Gasteiger partial charge in [0.1, 0.15) is 13.2 Å². The lowest BCUT2D eigenvalue weighted by atomic mass is 10.1. The van der Waals surface area contributed by atoms with Crippen LogP contribution in [0.15, 0.2) is 72.9 Å². The minimum atomic E-state index is -0.787. The molecule has 0 fully saturated rings. The number of esters is 3. The average molecular weight is 978 g/mol. The van der Waals surface area contributed by atoms with Crippen molar-refractivity contribution in [3.05, 3.63) is 72.9 Å². The lowest BCUT2D eigenvalue weighted by molar-refractivity contribution is -0.167. The molecule has 404 valence electrons. The summed E-state index contributed by atoms with van der Waals surface area (Å²) in [5, 5.41) is 0. The molecule has 0 saturated carbocycles. The van der Waals surface area contributed by atoms with Crippen LogP contribution in [0, 0.1) is 0 Å². The first-order chi connectivity index (χ1) is 34.5. The summed E-state index contributed by atoms with van der Waals surface area (Å²) >= 11 is 0. The van der Waals surface area contributed by atoms with Crippen LogP contribution in [-0.2, 0) is 28.6 Å². The second-order valence-corrected chi connectivity index (χ2v) is 19.9. The van der Waals surface area contributed by atoms with Gasteiger partial charge in [-0.25, -0.2) is 0 Å². The highest BCUT2D eigenvalue weighted by atomic mass is 16.6. The molecule has 0 aliphatic heterocycles. The van der Waals surface area contributed by atoms with E-state index in [0.29, 0.717) is 19.3 Å². The Hall–Kier alpha value is -3.15. The van der Waals surface area contributed by atoms with Gasteiger partial charge < -0.3 is 14.2 Å². The second kappa shape index (κ2) is 58.4. The van der Waals surface area contributed by atoms with Crippen molar-refractivity contribution >= 4 is 17.9 Å². The highest BCUT2D eigenvalue weighted by Crippen LogP contribution is 2.15. The third-order valence-electron chi connectivity index (χ3n) is 12.9. The van der Waals surface area contributed by atoms with E-state index >= 15 is 0 Å². The average Bonchev–Trinajstić information content (AvgIpc) is 3.36. The minimum Gasteiger partial charge on any atom is -0.462 e. The summed E-state index contributed by atoms with van der Waals surface area (Å²) in [7, 11) is 0. The van der Waals surface area contributed by atoms with Gasteiger partial charge in [-0.3, -0.25) is 14.4 Å². The summed E-state index contributed by atoms with van der Waals surface area (Å²) < 4.78 is 16.9. The smallest absolute Gasteiger partial charge is 0.306 e. The molecule has 0 aliphatic rings. The van der Waals surface area contributed by atoms with E-state index in [9.17, 15) is 14.4 Å². The van der Waals surface area contributed by atoms with Gasteiger partial charge in [0, 0.05) is 19.3 Å². The number of rotatable bonds is 54. The fourth-order valence-corrected chi connectivity index (χ4v) is 8.42. The summed E-state index contributed by atoms with van der Waals surface area (Å²) in [6, 6.07) is 0. The molecule has 0 aliphatic carbocycles. The van der Waals surface area contributed by atoms with Crippen LogP contribution in [0.5, 0.6) is 0 Å². The van der Waals surface area contributed by atoms with Crippen molar-refractivity contribution < 1.29 is 28.6 Å². The molecular weight excluding hydrogens is 865 g/mol. The third kappa shape index (κ3) is 55.8. The molecular formula is C64H112O6. The monoisotopic (exact) mass is 977 g/mol. The molecule has 1 unspecified atom stereocenters. The number of hydrogen-bond donors (Lipinski definition) is 0. The Labute approximate surface area is 433 Å². The summed E-state index contributed by atoms with van der Waals surface area (Å²) in [6.07, 6.45) is 74.6. The van der Waals surface area contributed by atoms with Crippen LogP contribution in [0.1, 0.15) is 297 Å². The van der Waals surface area contributed by atoms with Gasteiger partial charge in [-0.2, -0.15) is 0 Å². The number of allylic oxidation sites excluding steroid dienone is 12. The highest BCUT2D eigenvalue weighted by Gasteiger charge is 2.19. The molecule has 6 heteroatoms. The first-order valence-electron chi connectivity index (χ1n) is 29.9. The summed E-state index contributed by atoms with van der Waals surface area (Å²) in [6.45, 7) is 6.51. The molecule has 0 rings (SSSR count). The normalized spacial score (nSPS) is 12.6. The molecule has 0 aromatic heterocycles. The van der Waals surface area contributed by atoms with Crippen molar-refractivity contribution in [2.45, 2.75) is 303 Å². The van der Waals surface area contributed by atoms with Gasteiger partial charge in [-0.15, -0.1) is 0 Å². The zero-order valence-corrected chi connectivity index (χ0v) is 46.3. The largest absolute Gasteiger partial charge is 0.462 e. The maximum atomic E-state index is 12.9. The third-order valence-corrected chi connectivity index (χ3v) is 12.9. The van der Waals surface area contributed by atoms with E-state index in [2.05, 4.69) is 93.7 Å². The van der Waals surface area contributed by atoms with E-state index in [1.807, 2.05) is 0 Å². The zero-order valence-electron chi connectivity index (χ0n) is 46.3. The van der Waals surface area contributed by atoms with E-state index in [0.717, 1.165) is 96.3 Å². The van der Waals surface area contributed by atoms with Crippen LogP contribution in [0.25, 0.3) is 0 Å². The predicted octanol–water partition coefficient (Wildman–Crippen LogP) is 20.2. The maximum absolute atomic E-state index is 12.9. The van der Waals surface area contributed by atoms with Gasteiger partial charge in [0.05, 0.1) is 0 Å². The number of ether oxygens (including phenoxy) is 3. The van der Waals surface area contributed by atoms with E-state index in [-0.39, 0.29) is 31.1 Å². The summed E-state index contributed by atoms with van der Waals surface area (Å²) in [4.78, 5) is 38.2. The molecule has 6 nitrogen and oxygen atoms in total. The van der Waals surface area contributed by atoms with Gasteiger partial charge >= 0.3 is 17.9 Å². The van der Waals surface area contributed by atoms with Crippen molar-refractivity contribution in [2.75, 3.05) is 13.2 Å². The van der Waals surface area contributed by atoms with Crippen molar-refractivity contribution in [2.24, 2.45) is 0 Å². The number of carbonyl (C=O) groups is 3. The fourth-order valence-electron chi connectivity index (χ4n) is 8.42. The van der Waals surface area contributed by atoms with Crippen LogP contribution < -0.4 is 0 Å². The summed E-state index contributed by atoms with van der Waals surface area (Å²) in [5.41, 5.74) is 0. The molecule has 0 spiro atoms. The predicted molar refractivity (Wildman–Crippen MR) is 302 cm³/mol. The van der Waals surface area contributed by atoms with Gasteiger partial charge in [0.15, 0.2) is 6.10 Å². The summed E-state index contributed by atoms with van der Waals surface area (Å²) in [5.74, 6) is -0.895. The first kappa shape index (κ1) is 66.9. The molecule has 0 bridgehead atoms. The zero-order chi connectivity index (χ0) is 50.7. The number of carbonyl (C=O) groups excluding carboxylic acids is 3. The number of unbranched alkanes of at least 4 members (excludes halogenated alkanes) is 31. The van der Waals surface area contributed by atoms with Gasteiger partial charge in [-0.05, 0) is 109 Å². The van der Waals surface area contributed by atoms with Crippen LogP contribution >= 0.6 is 0 Å². The van der Waals surface area contributed by atoms with Gasteiger partial charge in [0.25, 0.3) is 0 Å². The quantitative estimate of drug-likeness (QED) is 0.0261. The molecule has 0 saturated heterocycles. The highest BCUT2D eigenvalue weighted by molar-refractivity contribution is 5.71. The molecule has 0 N–H and O–H groups in total. The fraction of sp³-hybridized carbons (Fsp3) is 0.766.